The number of hydrogen-bond donors (Lipinski definition) is 1. The Morgan fingerprint density at radius 3 is 2.70 bits per heavy atom. The third kappa shape index (κ3) is 3.28. The zero-order valence-electron chi connectivity index (χ0n) is 15.1. The van der Waals surface area contributed by atoms with Gasteiger partial charge in [0, 0.05) is 30.7 Å². The van der Waals surface area contributed by atoms with Crippen LogP contribution in [0.2, 0.25) is 5.02 Å². The summed E-state index contributed by atoms with van der Waals surface area (Å²) in [6, 6.07) is 13.1. The number of halogens is 1. The van der Waals surface area contributed by atoms with Crippen molar-refractivity contribution in [2.75, 3.05) is 16.8 Å². The normalized spacial score (nSPS) is 16.9. The maximum absolute atomic E-state index is 12.7. The molecule has 2 heterocycles. The molecule has 2 aromatic carbocycles. The minimum atomic E-state index is -0.415. The molecule has 6 nitrogen and oxygen atoms in total. The third-order valence-electron chi connectivity index (χ3n) is 4.92. The molecule has 1 saturated heterocycles. The number of benzene rings is 2. The first kappa shape index (κ1) is 17.5. The molecule has 3 aromatic rings. The lowest BCUT2D eigenvalue weighted by molar-refractivity contribution is -0.122. The van der Waals surface area contributed by atoms with Crippen LogP contribution in [-0.2, 0) is 16.6 Å². The topological polar surface area (TPSA) is 67.2 Å². The van der Waals surface area contributed by atoms with E-state index in [1.54, 1.807) is 21.6 Å². The zero-order chi connectivity index (χ0) is 19.1. The number of amides is 2. The van der Waals surface area contributed by atoms with Crippen LogP contribution >= 0.6 is 11.6 Å². The van der Waals surface area contributed by atoms with Gasteiger partial charge in [0.1, 0.15) is 0 Å². The Hall–Kier alpha value is -2.86. The van der Waals surface area contributed by atoms with Gasteiger partial charge in [-0.3, -0.25) is 14.9 Å². The molecule has 1 fully saturated rings. The first-order chi connectivity index (χ1) is 12.9. The predicted octanol–water partition coefficient (Wildman–Crippen LogP) is 3.53. The van der Waals surface area contributed by atoms with E-state index in [1.807, 2.05) is 44.3 Å². The van der Waals surface area contributed by atoms with Gasteiger partial charge in [-0.1, -0.05) is 29.3 Å². The van der Waals surface area contributed by atoms with Crippen LogP contribution in [0.25, 0.3) is 11.0 Å². The van der Waals surface area contributed by atoms with E-state index < -0.39 is 5.92 Å². The number of carbonyl (C=O) groups is 2. The van der Waals surface area contributed by atoms with Gasteiger partial charge in [-0.25, -0.2) is 4.98 Å². The number of nitrogens with one attached hydrogen (secondary N) is 1. The Morgan fingerprint density at radius 2 is 1.96 bits per heavy atom. The van der Waals surface area contributed by atoms with Crippen LogP contribution in [0.1, 0.15) is 12.0 Å². The standard InChI is InChI=1S/C20H19ClN4O2/c1-12-3-6-15(7-4-12)25-11-13(9-18(25)26)19(27)23-20-22-16-10-14(21)5-8-17(16)24(20)2/h3-8,10,13H,9,11H2,1-2H3,(H,22,23,27)/t13-/m1/s1. The van der Waals surface area contributed by atoms with Crippen molar-refractivity contribution in [3.05, 3.63) is 53.1 Å². The number of fused-ring (bicyclic) bond motifs is 1. The van der Waals surface area contributed by atoms with Gasteiger partial charge < -0.3 is 9.47 Å². The molecule has 0 unspecified atom stereocenters. The summed E-state index contributed by atoms with van der Waals surface area (Å²) in [7, 11) is 1.83. The van der Waals surface area contributed by atoms with Crippen LogP contribution in [-0.4, -0.2) is 27.9 Å². The van der Waals surface area contributed by atoms with Crippen molar-refractivity contribution in [2.45, 2.75) is 13.3 Å². The molecule has 138 valence electrons. The third-order valence-corrected chi connectivity index (χ3v) is 5.15. The smallest absolute Gasteiger partial charge is 0.232 e. The van der Waals surface area contributed by atoms with E-state index >= 15 is 0 Å². The molecule has 2 amide bonds. The van der Waals surface area contributed by atoms with Crippen LogP contribution in [0, 0.1) is 12.8 Å². The highest BCUT2D eigenvalue weighted by atomic mass is 35.5. The fourth-order valence-corrected chi connectivity index (χ4v) is 3.52. The summed E-state index contributed by atoms with van der Waals surface area (Å²) in [4.78, 5) is 31.2. The summed E-state index contributed by atoms with van der Waals surface area (Å²) in [5.74, 6) is -0.223. The highest BCUT2D eigenvalue weighted by molar-refractivity contribution is 6.31. The van der Waals surface area contributed by atoms with Gasteiger partial charge in [-0.2, -0.15) is 0 Å². The lowest BCUT2D eigenvalue weighted by Crippen LogP contribution is -2.28. The van der Waals surface area contributed by atoms with Gasteiger partial charge in [-0.15, -0.1) is 0 Å². The Kier molecular flexibility index (Phi) is 4.36. The Balaban J connectivity index is 1.51. The summed E-state index contributed by atoms with van der Waals surface area (Å²) in [6.45, 7) is 2.36. The summed E-state index contributed by atoms with van der Waals surface area (Å²) < 4.78 is 1.80. The maximum atomic E-state index is 12.7. The molecule has 1 N–H and O–H groups in total. The van der Waals surface area contributed by atoms with Crippen LogP contribution in [0.4, 0.5) is 11.6 Å². The second-order valence-corrected chi connectivity index (χ2v) is 7.29. The molecule has 27 heavy (non-hydrogen) atoms. The zero-order valence-corrected chi connectivity index (χ0v) is 15.8. The number of imidazole rings is 1. The van der Waals surface area contributed by atoms with Gasteiger partial charge >= 0.3 is 0 Å². The molecule has 1 aliphatic rings. The fourth-order valence-electron chi connectivity index (χ4n) is 3.35. The summed E-state index contributed by atoms with van der Waals surface area (Å²) in [5.41, 5.74) is 3.53. The van der Waals surface area contributed by atoms with Crippen LogP contribution < -0.4 is 10.2 Å². The Morgan fingerprint density at radius 1 is 1.22 bits per heavy atom. The molecule has 4 rings (SSSR count). The second kappa shape index (κ2) is 6.70. The van der Waals surface area contributed by atoms with Crippen LogP contribution in [0.3, 0.4) is 0 Å². The minimum Gasteiger partial charge on any atom is -0.313 e. The van der Waals surface area contributed by atoms with Gasteiger partial charge in [0.15, 0.2) is 0 Å². The van der Waals surface area contributed by atoms with Crippen molar-refractivity contribution >= 4 is 46.1 Å². The molecular weight excluding hydrogens is 364 g/mol. The van der Waals surface area contributed by atoms with Crippen molar-refractivity contribution in [3.8, 4) is 0 Å². The molecular formula is C20H19ClN4O2. The molecule has 7 heteroatoms. The van der Waals surface area contributed by atoms with E-state index in [9.17, 15) is 9.59 Å². The lowest BCUT2D eigenvalue weighted by Gasteiger charge is -2.16. The molecule has 1 aliphatic heterocycles. The number of hydrogen-bond acceptors (Lipinski definition) is 3. The molecule has 0 spiro atoms. The molecule has 0 aliphatic carbocycles. The van der Waals surface area contributed by atoms with Gasteiger partial charge in [0.25, 0.3) is 0 Å². The van der Waals surface area contributed by atoms with Crippen molar-refractivity contribution < 1.29 is 9.59 Å². The highest BCUT2D eigenvalue weighted by Crippen LogP contribution is 2.27. The number of carbonyl (C=O) groups excluding carboxylic acids is 2. The summed E-state index contributed by atoms with van der Waals surface area (Å²) >= 11 is 6.01. The lowest BCUT2D eigenvalue weighted by atomic mass is 10.1. The predicted molar refractivity (Wildman–Crippen MR) is 106 cm³/mol. The summed E-state index contributed by atoms with van der Waals surface area (Å²) in [6.07, 6.45) is 0.190. The van der Waals surface area contributed by atoms with E-state index in [0.717, 1.165) is 16.8 Å². The number of aryl methyl sites for hydroxylation is 2. The Bertz CT molecular complexity index is 1040. The summed E-state index contributed by atoms with van der Waals surface area (Å²) in [5, 5.41) is 3.44. The molecule has 0 radical (unpaired) electrons. The van der Waals surface area contributed by atoms with E-state index in [-0.39, 0.29) is 18.2 Å². The first-order valence-corrected chi connectivity index (χ1v) is 9.10. The second-order valence-electron chi connectivity index (χ2n) is 6.86. The van der Waals surface area contributed by atoms with E-state index in [1.165, 1.54) is 0 Å². The monoisotopic (exact) mass is 382 g/mol. The van der Waals surface area contributed by atoms with Crippen molar-refractivity contribution in [1.82, 2.24) is 9.55 Å². The van der Waals surface area contributed by atoms with Crippen molar-refractivity contribution in [1.29, 1.82) is 0 Å². The molecule has 0 bridgehead atoms. The quantitative estimate of drug-likeness (QED) is 0.753. The van der Waals surface area contributed by atoms with Gasteiger partial charge in [-0.05, 0) is 37.3 Å². The average Bonchev–Trinajstić information content (AvgIpc) is 3.16. The molecule has 1 aromatic heterocycles. The Labute approximate surface area is 161 Å². The maximum Gasteiger partial charge on any atom is 0.232 e. The number of anilines is 2. The minimum absolute atomic E-state index is 0.0456. The van der Waals surface area contributed by atoms with Crippen molar-refractivity contribution in [3.63, 3.8) is 0 Å². The largest absolute Gasteiger partial charge is 0.313 e. The van der Waals surface area contributed by atoms with Gasteiger partial charge in [0.2, 0.25) is 17.8 Å². The van der Waals surface area contributed by atoms with Crippen LogP contribution in [0.15, 0.2) is 42.5 Å². The van der Waals surface area contributed by atoms with Gasteiger partial charge in [0.05, 0.1) is 17.0 Å². The number of nitrogens with zero attached hydrogens (tertiary/aromatic N) is 3. The van der Waals surface area contributed by atoms with E-state index in [0.29, 0.717) is 23.0 Å². The number of rotatable bonds is 3. The van der Waals surface area contributed by atoms with Crippen molar-refractivity contribution in [2.24, 2.45) is 13.0 Å². The first-order valence-electron chi connectivity index (χ1n) is 8.72. The SMILES string of the molecule is Cc1ccc(N2C[C@H](C(=O)Nc3nc4cc(Cl)ccc4n3C)CC2=O)cc1. The van der Waals surface area contributed by atoms with E-state index in [2.05, 4.69) is 10.3 Å². The fraction of sp³-hybridized carbons (Fsp3) is 0.250. The van der Waals surface area contributed by atoms with Crippen LogP contribution in [0.5, 0.6) is 0 Å². The number of aromatic nitrogens is 2. The highest BCUT2D eigenvalue weighted by Gasteiger charge is 2.35. The molecule has 0 saturated carbocycles. The van der Waals surface area contributed by atoms with E-state index in [4.69, 9.17) is 11.6 Å². The average molecular weight is 383 g/mol. The molecule has 1 atom stereocenters.